The Morgan fingerprint density at radius 2 is 2.08 bits per heavy atom. The molecule has 1 aliphatic heterocycles. The quantitative estimate of drug-likeness (QED) is 0.615. The first-order valence-electron chi connectivity index (χ1n) is 4.80. The predicted molar refractivity (Wildman–Crippen MR) is 49.3 cm³/mol. The van der Waals surface area contributed by atoms with Gasteiger partial charge in [-0.2, -0.15) is 0 Å². The van der Waals surface area contributed by atoms with Crippen LogP contribution in [0.4, 0.5) is 4.79 Å². The predicted octanol–water partition coefficient (Wildman–Crippen LogP) is 1.07. The molecule has 0 atom stereocenters. The summed E-state index contributed by atoms with van der Waals surface area (Å²) in [5.41, 5.74) is 0. The van der Waals surface area contributed by atoms with E-state index in [9.17, 15) is 9.59 Å². The standard InChI is InChI=1S/C9H16N2O2/c1-2-5-11(8-12)9(13)10-6-3-4-7-10/h8H,2-7H2,1H3. The topological polar surface area (TPSA) is 40.6 Å². The first-order chi connectivity index (χ1) is 6.29. The van der Waals surface area contributed by atoms with Crippen LogP contribution in [0.25, 0.3) is 0 Å². The van der Waals surface area contributed by atoms with Gasteiger partial charge in [-0.05, 0) is 19.3 Å². The second-order valence-corrected chi connectivity index (χ2v) is 3.28. The Labute approximate surface area is 78.5 Å². The molecule has 0 radical (unpaired) electrons. The van der Waals surface area contributed by atoms with E-state index in [1.54, 1.807) is 4.90 Å². The van der Waals surface area contributed by atoms with Gasteiger partial charge < -0.3 is 4.90 Å². The van der Waals surface area contributed by atoms with Crippen molar-refractivity contribution in [3.63, 3.8) is 0 Å². The lowest BCUT2D eigenvalue weighted by molar-refractivity contribution is -0.116. The highest BCUT2D eigenvalue weighted by Gasteiger charge is 2.22. The van der Waals surface area contributed by atoms with Crippen LogP contribution in [0.3, 0.4) is 0 Å². The van der Waals surface area contributed by atoms with Crippen molar-refractivity contribution in [3.05, 3.63) is 0 Å². The van der Waals surface area contributed by atoms with Crippen LogP contribution in [0, 0.1) is 0 Å². The van der Waals surface area contributed by atoms with Gasteiger partial charge in [0.1, 0.15) is 0 Å². The molecule has 0 bridgehead atoms. The van der Waals surface area contributed by atoms with Gasteiger partial charge in [0.15, 0.2) is 0 Å². The summed E-state index contributed by atoms with van der Waals surface area (Å²) in [5, 5.41) is 0. The van der Waals surface area contributed by atoms with E-state index in [2.05, 4.69) is 0 Å². The summed E-state index contributed by atoms with van der Waals surface area (Å²) in [6, 6.07) is -0.130. The monoisotopic (exact) mass is 184 g/mol. The van der Waals surface area contributed by atoms with Crippen molar-refractivity contribution in [2.24, 2.45) is 0 Å². The fraction of sp³-hybridized carbons (Fsp3) is 0.778. The lowest BCUT2D eigenvalue weighted by atomic mass is 10.4. The van der Waals surface area contributed by atoms with Gasteiger partial charge in [0.25, 0.3) is 0 Å². The number of hydrogen-bond acceptors (Lipinski definition) is 2. The zero-order valence-electron chi connectivity index (χ0n) is 8.03. The minimum absolute atomic E-state index is 0.130. The van der Waals surface area contributed by atoms with E-state index in [4.69, 9.17) is 0 Å². The van der Waals surface area contributed by atoms with E-state index >= 15 is 0 Å². The Hall–Kier alpha value is -1.06. The van der Waals surface area contributed by atoms with E-state index in [0.717, 1.165) is 32.4 Å². The molecule has 0 saturated carbocycles. The van der Waals surface area contributed by atoms with Crippen LogP contribution in [0.1, 0.15) is 26.2 Å². The SMILES string of the molecule is CCCN(C=O)C(=O)N1CCCC1. The van der Waals surface area contributed by atoms with Crippen molar-refractivity contribution in [3.8, 4) is 0 Å². The number of likely N-dealkylation sites (tertiary alicyclic amines) is 1. The molecule has 1 aliphatic rings. The van der Waals surface area contributed by atoms with Crippen LogP contribution in [-0.4, -0.2) is 41.9 Å². The summed E-state index contributed by atoms with van der Waals surface area (Å²) in [7, 11) is 0. The number of amides is 3. The molecule has 0 spiro atoms. The molecular formula is C9H16N2O2. The van der Waals surface area contributed by atoms with Crippen molar-refractivity contribution >= 4 is 12.4 Å². The molecular weight excluding hydrogens is 168 g/mol. The molecule has 3 amide bonds. The molecule has 1 saturated heterocycles. The summed E-state index contributed by atoms with van der Waals surface area (Å²) in [5.74, 6) is 0. The largest absolute Gasteiger partial charge is 0.326 e. The van der Waals surface area contributed by atoms with Gasteiger partial charge in [-0.25, -0.2) is 4.79 Å². The summed E-state index contributed by atoms with van der Waals surface area (Å²) >= 11 is 0. The average molecular weight is 184 g/mol. The van der Waals surface area contributed by atoms with Crippen molar-refractivity contribution in [2.75, 3.05) is 19.6 Å². The summed E-state index contributed by atoms with van der Waals surface area (Å²) in [4.78, 5) is 25.2. The maximum Gasteiger partial charge on any atom is 0.326 e. The molecule has 4 heteroatoms. The molecule has 74 valence electrons. The number of nitrogens with zero attached hydrogens (tertiary/aromatic N) is 2. The summed E-state index contributed by atoms with van der Waals surface area (Å²) in [6.45, 7) is 4.08. The highest BCUT2D eigenvalue weighted by atomic mass is 16.2. The van der Waals surface area contributed by atoms with Gasteiger partial charge >= 0.3 is 6.03 Å². The highest BCUT2D eigenvalue weighted by molar-refractivity contribution is 5.84. The molecule has 0 aromatic rings. The number of hydrogen-bond donors (Lipinski definition) is 0. The summed E-state index contributed by atoms with van der Waals surface area (Å²) in [6.07, 6.45) is 3.57. The first-order valence-corrected chi connectivity index (χ1v) is 4.80. The lowest BCUT2D eigenvalue weighted by Crippen LogP contribution is -2.41. The average Bonchev–Trinajstić information content (AvgIpc) is 2.65. The maximum atomic E-state index is 11.6. The number of urea groups is 1. The molecule has 1 fully saturated rings. The molecule has 0 aromatic carbocycles. The Kier molecular flexibility index (Phi) is 3.73. The Morgan fingerprint density at radius 3 is 2.54 bits per heavy atom. The van der Waals surface area contributed by atoms with Gasteiger partial charge in [-0.1, -0.05) is 6.92 Å². The smallest absolute Gasteiger partial charge is 0.324 e. The van der Waals surface area contributed by atoms with E-state index in [-0.39, 0.29) is 6.03 Å². The van der Waals surface area contributed by atoms with Crippen LogP contribution in [0.15, 0.2) is 0 Å². The van der Waals surface area contributed by atoms with Crippen LogP contribution in [-0.2, 0) is 4.79 Å². The minimum atomic E-state index is -0.130. The summed E-state index contributed by atoms with van der Waals surface area (Å²) < 4.78 is 0. The molecule has 1 rings (SSSR count). The second kappa shape index (κ2) is 4.84. The van der Waals surface area contributed by atoms with Gasteiger partial charge in [-0.15, -0.1) is 0 Å². The third-order valence-corrected chi connectivity index (χ3v) is 2.21. The number of carbonyl (C=O) groups excluding carboxylic acids is 2. The van der Waals surface area contributed by atoms with Crippen LogP contribution < -0.4 is 0 Å². The van der Waals surface area contributed by atoms with Crippen molar-refractivity contribution < 1.29 is 9.59 Å². The lowest BCUT2D eigenvalue weighted by Gasteiger charge is -2.22. The normalized spacial score (nSPS) is 15.9. The van der Waals surface area contributed by atoms with Crippen molar-refractivity contribution in [1.82, 2.24) is 9.80 Å². The van der Waals surface area contributed by atoms with Crippen molar-refractivity contribution in [2.45, 2.75) is 26.2 Å². The second-order valence-electron chi connectivity index (χ2n) is 3.28. The van der Waals surface area contributed by atoms with Crippen LogP contribution in [0.5, 0.6) is 0 Å². The number of carbonyl (C=O) groups is 2. The van der Waals surface area contributed by atoms with Gasteiger partial charge in [0.05, 0.1) is 0 Å². The van der Waals surface area contributed by atoms with E-state index in [0.29, 0.717) is 13.0 Å². The zero-order chi connectivity index (χ0) is 9.68. The van der Waals surface area contributed by atoms with Gasteiger partial charge in [0.2, 0.25) is 6.41 Å². The van der Waals surface area contributed by atoms with Gasteiger partial charge in [-0.3, -0.25) is 9.69 Å². The van der Waals surface area contributed by atoms with E-state index in [1.807, 2.05) is 6.92 Å². The number of rotatable bonds is 3. The zero-order valence-corrected chi connectivity index (χ0v) is 8.03. The van der Waals surface area contributed by atoms with Crippen LogP contribution >= 0.6 is 0 Å². The number of imide groups is 1. The Morgan fingerprint density at radius 1 is 1.46 bits per heavy atom. The highest BCUT2D eigenvalue weighted by Crippen LogP contribution is 2.09. The first kappa shape index (κ1) is 10.0. The fourth-order valence-corrected chi connectivity index (χ4v) is 1.52. The Balaban J connectivity index is 2.47. The molecule has 13 heavy (non-hydrogen) atoms. The molecule has 4 nitrogen and oxygen atoms in total. The molecule has 0 aliphatic carbocycles. The third-order valence-electron chi connectivity index (χ3n) is 2.21. The van der Waals surface area contributed by atoms with E-state index < -0.39 is 0 Å². The maximum absolute atomic E-state index is 11.6. The van der Waals surface area contributed by atoms with Gasteiger partial charge in [0, 0.05) is 19.6 Å². The molecule has 0 aromatic heterocycles. The van der Waals surface area contributed by atoms with Crippen molar-refractivity contribution in [1.29, 1.82) is 0 Å². The molecule has 0 N–H and O–H groups in total. The fourth-order valence-electron chi connectivity index (χ4n) is 1.52. The molecule has 1 heterocycles. The van der Waals surface area contributed by atoms with E-state index in [1.165, 1.54) is 4.90 Å². The minimum Gasteiger partial charge on any atom is -0.324 e. The molecule has 0 unspecified atom stereocenters. The third kappa shape index (κ3) is 2.44. The van der Waals surface area contributed by atoms with Crippen LogP contribution in [0.2, 0.25) is 0 Å². The Bertz CT molecular complexity index is 188.